The van der Waals surface area contributed by atoms with Crippen LogP contribution in [0.4, 0.5) is 0 Å². The van der Waals surface area contributed by atoms with Gasteiger partial charge in [-0.25, -0.2) is 4.68 Å². The number of carbonyl (C=O) groups excluding carboxylic acids is 1. The van der Waals surface area contributed by atoms with Crippen molar-refractivity contribution in [2.45, 2.75) is 52.6 Å². The first-order valence-corrected chi connectivity index (χ1v) is 9.81. The molecule has 1 aliphatic rings. The molecule has 0 spiro atoms. The second-order valence-corrected chi connectivity index (χ2v) is 8.26. The fraction of sp³-hybridized carbons (Fsp3) is 0.684. The van der Waals surface area contributed by atoms with Crippen molar-refractivity contribution >= 4 is 5.91 Å². The summed E-state index contributed by atoms with van der Waals surface area (Å²) >= 11 is 0. The number of carbonyl (C=O) groups is 1. The summed E-state index contributed by atoms with van der Waals surface area (Å²) in [6, 6.07) is 3.67. The van der Waals surface area contributed by atoms with E-state index in [4.69, 9.17) is 4.42 Å². The summed E-state index contributed by atoms with van der Waals surface area (Å²) < 4.78 is 7.25. The molecule has 0 unspecified atom stereocenters. The normalized spacial score (nSPS) is 17.5. The molecule has 3 heterocycles. The molecular formula is C19H31N6O2+. The van der Waals surface area contributed by atoms with Gasteiger partial charge in [0.2, 0.25) is 5.82 Å². The number of amides is 1. The van der Waals surface area contributed by atoms with Crippen LogP contribution in [0.15, 0.2) is 22.8 Å². The Bertz CT molecular complexity index is 744. The largest absolute Gasteiger partial charge is 0.459 e. The maximum atomic E-state index is 12.5. The first kappa shape index (κ1) is 19.5. The van der Waals surface area contributed by atoms with Gasteiger partial charge in [0.05, 0.1) is 38.0 Å². The molecule has 1 saturated heterocycles. The molecule has 3 rings (SSSR count). The topological polar surface area (TPSA) is 81.5 Å². The molecule has 1 fully saturated rings. The van der Waals surface area contributed by atoms with Gasteiger partial charge in [-0.15, -0.1) is 5.10 Å². The fourth-order valence-corrected chi connectivity index (χ4v) is 3.79. The predicted octanol–water partition coefficient (Wildman–Crippen LogP) is 1.15. The van der Waals surface area contributed by atoms with E-state index in [1.54, 1.807) is 18.4 Å². The van der Waals surface area contributed by atoms with Crippen LogP contribution >= 0.6 is 0 Å². The average Bonchev–Trinajstić information content (AvgIpc) is 3.34. The summed E-state index contributed by atoms with van der Waals surface area (Å²) in [5.74, 6) is 1.71. The molecule has 1 amide bonds. The van der Waals surface area contributed by atoms with E-state index in [0.717, 1.165) is 25.3 Å². The van der Waals surface area contributed by atoms with Crippen molar-refractivity contribution in [2.75, 3.05) is 26.2 Å². The van der Waals surface area contributed by atoms with Crippen LogP contribution in [0, 0.1) is 5.92 Å². The molecule has 8 heteroatoms. The number of piperazine rings is 1. The van der Waals surface area contributed by atoms with Crippen molar-refractivity contribution in [3.05, 3.63) is 30.0 Å². The van der Waals surface area contributed by atoms with Crippen molar-refractivity contribution in [3.63, 3.8) is 0 Å². The molecule has 1 aliphatic heterocycles. The molecular weight excluding hydrogens is 344 g/mol. The lowest BCUT2D eigenvalue weighted by atomic mass is 9.97. The van der Waals surface area contributed by atoms with E-state index in [-0.39, 0.29) is 17.5 Å². The third kappa shape index (κ3) is 3.90. The average molecular weight is 375 g/mol. The number of hydrogen-bond donors (Lipinski definition) is 1. The predicted molar refractivity (Wildman–Crippen MR) is 100 cm³/mol. The van der Waals surface area contributed by atoms with E-state index in [1.165, 1.54) is 4.90 Å². The maximum Gasteiger partial charge on any atom is 0.289 e. The second kappa shape index (κ2) is 7.80. The molecule has 2 aromatic heterocycles. The first-order valence-electron chi connectivity index (χ1n) is 9.81. The number of furan rings is 1. The van der Waals surface area contributed by atoms with E-state index in [0.29, 0.717) is 24.8 Å². The van der Waals surface area contributed by atoms with Gasteiger partial charge in [0.1, 0.15) is 0 Å². The highest BCUT2D eigenvalue weighted by Crippen LogP contribution is 2.24. The fourth-order valence-electron chi connectivity index (χ4n) is 3.79. The van der Waals surface area contributed by atoms with E-state index in [9.17, 15) is 4.79 Å². The lowest BCUT2D eigenvalue weighted by Crippen LogP contribution is -3.15. The van der Waals surface area contributed by atoms with Gasteiger partial charge in [0.25, 0.3) is 5.91 Å². The van der Waals surface area contributed by atoms with Crippen LogP contribution < -0.4 is 4.90 Å². The Labute approximate surface area is 160 Å². The third-order valence-corrected chi connectivity index (χ3v) is 5.74. The van der Waals surface area contributed by atoms with Crippen LogP contribution in [-0.2, 0) is 5.54 Å². The van der Waals surface area contributed by atoms with Crippen LogP contribution in [0.3, 0.4) is 0 Å². The van der Waals surface area contributed by atoms with Crippen molar-refractivity contribution < 1.29 is 14.1 Å². The zero-order valence-corrected chi connectivity index (χ0v) is 17.0. The smallest absolute Gasteiger partial charge is 0.289 e. The van der Waals surface area contributed by atoms with Crippen LogP contribution in [0.2, 0.25) is 0 Å². The summed E-state index contributed by atoms with van der Waals surface area (Å²) in [5, 5.41) is 12.7. The minimum Gasteiger partial charge on any atom is -0.459 e. The minimum atomic E-state index is -0.123. The number of rotatable bonds is 6. The zero-order chi connectivity index (χ0) is 19.6. The van der Waals surface area contributed by atoms with Gasteiger partial charge in [-0.1, -0.05) is 20.8 Å². The van der Waals surface area contributed by atoms with E-state index >= 15 is 0 Å². The molecule has 27 heavy (non-hydrogen) atoms. The van der Waals surface area contributed by atoms with Crippen LogP contribution in [0.25, 0.3) is 0 Å². The first-order chi connectivity index (χ1) is 12.8. The van der Waals surface area contributed by atoms with Crippen LogP contribution in [-0.4, -0.2) is 57.2 Å². The van der Waals surface area contributed by atoms with E-state index < -0.39 is 0 Å². The Morgan fingerprint density at radius 2 is 2.04 bits per heavy atom. The van der Waals surface area contributed by atoms with Gasteiger partial charge in [-0.3, -0.25) is 4.79 Å². The lowest BCUT2D eigenvalue weighted by molar-refractivity contribution is -0.940. The van der Waals surface area contributed by atoms with E-state index in [1.807, 2.05) is 9.58 Å². The van der Waals surface area contributed by atoms with Gasteiger partial charge in [0, 0.05) is 5.92 Å². The number of aromatic nitrogens is 4. The number of tetrazole rings is 1. The zero-order valence-electron chi connectivity index (χ0n) is 17.0. The molecule has 2 aromatic rings. The quantitative estimate of drug-likeness (QED) is 0.819. The summed E-state index contributed by atoms with van der Waals surface area (Å²) in [6.45, 7) is 14.1. The van der Waals surface area contributed by atoms with Crippen LogP contribution in [0.5, 0.6) is 0 Å². The summed E-state index contributed by atoms with van der Waals surface area (Å²) in [5.41, 5.74) is -0.123. The van der Waals surface area contributed by atoms with Crippen molar-refractivity contribution in [1.29, 1.82) is 0 Å². The Morgan fingerprint density at radius 1 is 1.33 bits per heavy atom. The Hall–Kier alpha value is -2.22. The maximum absolute atomic E-state index is 12.5. The van der Waals surface area contributed by atoms with Crippen molar-refractivity contribution in [2.24, 2.45) is 5.92 Å². The molecule has 148 valence electrons. The monoisotopic (exact) mass is 375 g/mol. The summed E-state index contributed by atoms with van der Waals surface area (Å²) in [6.07, 6.45) is 2.50. The van der Waals surface area contributed by atoms with Crippen LogP contribution in [0.1, 0.15) is 63.5 Å². The van der Waals surface area contributed by atoms with Gasteiger partial charge in [-0.05, 0) is 42.8 Å². The Kier molecular flexibility index (Phi) is 5.64. The summed E-state index contributed by atoms with van der Waals surface area (Å²) in [4.78, 5) is 15.8. The molecule has 0 aromatic carbocycles. The molecule has 0 saturated carbocycles. The lowest BCUT2D eigenvalue weighted by Gasteiger charge is -2.38. The number of nitrogens with zero attached hydrogens (tertiary/aromatic N) is 5. The van der Waals surface area contributed by atoms with Gasteiger partial charge in [-0.2, -0.15) is 0 Å². The molecule has 0 bridgehead atoms. The highest BCUT2D eigenvalue weighted by Gasteiger charge is 2.38. The second-order valence-electron chi connectivity index (χ2n) is 8.26. The van der Waals surface area contributed by atoms with Crippen molar-refractivity contribution in [1.82, 2.24) is 25.1 Å². The van der Waals surface area contributed by atoms with Gasteiger partial charge < -0.3 is 14.2 Å². The van der Waals surface area contributed by atoms with Gasteiger partial charge in [0.15, 0.2) is 11.8 Å². The number of hydrogen-bond acceptors (Lipinski definition) is 5. The standard InChI is InChI=1S/C19H30N6O2/c1-6-19(4,5)25-17(20-21-22-25)16(14(2)3)23-9-11-24(12-10-23)18(26)15-8-7-13-27-15/h7-8,13-14,16H,6,9-12H2,1-5H3/p+1/t16-/m0/s1. The molecule has 1 atom stereocenters. The number of nitrogens with one attached hydrogen (secondary N) is 1. The molecule has 1 N–H and O–H groups in total. The Morgan fingerprint density at radius 3 is 2.59 bits per heavy atom. The minimum absolute atomic E-state index is 0.0305. The molecule has 0 aliphatic carbocycles. The highest BCUT2D eigenvalue weighted by molar-refractivity contribution is 5.91. The third-order valence-electron chi connectivity index (χ3n) is 5.74. The highest BCUT2D eigenvalue weighted by atomic mass is 16.3. The van der Waals surface area contributed by atoms with Crippen molar-refractivity contribution in [3.8, 4) is 0 Å². The molecule has 8 nitrogen and oxygen atoms in total. The molecule has 0 radical (unpaired) electrons. The summed E-state index contributed by atoms with van der Waals surface area (Å²) in [7, 11) is 0. The number of quaternary nitrogens is 1. The van der Waals surface area contributed by atoms with Gasteiger partial charge >= 0.3 is 0 Å². The Balaban J connectivity index is 1.75. The SMILES string of the molecule is CCC(C)(C)n1nnnc1[C@H](C(C)C)[NH+]1CCN(C(=O)c2ccco2)CC1. The van der Waals surface area contributed by atoms with E-state index in [2.05, 4.69) is 50.1 Å².